The zero-order valence-corrected chi connectivity index (χ0v) is 15.2. The number of hydrogen-bond donors (Lipinski definition) is 2. The molecule has 0 amide bonds. The molecule has 1 saturated heterocycles. The Morgan fingerprint density at radius 1 is 1.36 bits per heavy atom. The summed E-state index contributed by atoms with van der Waals surface area (Å²) in [5.41, 5.74) is 0.785. The lowest BCUT2D eigenvalue weighted by atomic mass is 10.1. The molecule has 0 spiro atoms. The fourth-order valence-corrected chi connectivity index (χ4v) is 2.70. The second kappa shape index (κ2) is 6.97. The van der Waals surface area contributed by atoms with Gasteiger partial charge in [-0.25, -0.2) is 4.68 Å². The summed E-state index contributed by atoms with van der Waals surface area (Å²) in [6.07, 6.45) is 1.66. The molecule has 0 radical (unpaired) electrons. The van der Waals surface area contributed by atoms with Gasteiger partial charge in [0, 0.05) is 30.9 Å². The molecule has 0 saturated carbocycles. The summed E-state index contributed by atoms with van der Waals surface area (Å²) in [5.74, 6) is 2.06. The predicted molar refractivity (Wildman–Crippen MR) is 96.3 cm³/mol. The monoisotopic (exact) mass is 346 g/mol. The Morgan fingerprint density at radius 3 is 2.80 bits per heavy atom. The van der Waals surface area contributed by atoms with Crippen molar-refractivity contribution in [3.8, 4) is 5.95 Å². The molecule has 25 heavy (non-hydrogen) atoms. The lowest BCUT2D eigenvalue weighted by Gasteiger charge is -2.33. The Bertz CT molecular complexity index is 724. The molecular formula is C17H26N6O2. The molecule has 0 aliphatic carbocycles. The average molecular weight is 346 g/mol. The van der Waals surface area contributed by atoms with Gasteiger partial charge in [0.2, 0.25) is 0 Å². The van der Waals surface area contributed by atoms with Crippen LogP contribution in [0.15, 0.2) is 18.3 Å². The van der Waals surface area contributed by atoms with Crippen LogP contribution < -0.4 is 10.2 Å². The maximum Gasteiger partial charge on any atom is 0.254 e. The lowest BCUT2D eigenvalue weighted by Crippen LogP contribution is -2.44. The van der Waals surface area contributed by atoms with E-state index in [0.29, 0.717) is 19.1 Å². The minimum atomic E-state index is -0.196. The Balaban J connectivity index is 1.97. The Morgan fingerprint density at radius 2 is 2.16 bits per heavy atom. The molecule has 136 valence electrons. The van der Waals surface area contributed by atoms with E-state index >= 15 is 0 Å². The number of aliphatic hydroxyl groups is 1. The molecule has 8 heteroatoms. The third-order valence-electron chi connectivity index (χ3n) is 3.80. The minimum absolute atomic E-state index is 0.000109. The van der Waals surface area contributed by atoms with E-state index in [-0.39, 0.29) is 18.2 Å². The summed E-state index contributed by atoms with van der Waals surface area (Å²) < 4.78 is 7.22. The van der Waals surface area contributed by atoms with Gasteiger partial charge < -0.3 is 20.1 Å². The first kappa shape index (κ1) is 17.6. The Hall–Kier alpha value is -2.19. The van der Waals surface area contributed by atoms with E-state index in [0.717, 1.165) is 23.9 Å². The largest absolute Gasteiger partial charge is 0.394 e. The molecule has 0 bridgehead atoms. The van der Waals surface area contributed by atoms with Crippen molar-refractivity contribution in [2.45, 2.75) is 39.3 Å². The van der Waals surface area contributed by atoms with Gasteiger partial charge in [-0.2, -0.15) is 15.1 Å². The van der Waals surface area contributed by atoms with E-state index in [4.69, 9.17) is 4.74 Å². The molecule has 2 N–H and O–H groups in total. The van der Waals surface area contributed by atoms with Crippen LogP contribution in [-0.4, -0.2) is 62.8 Å². The van der Waals surface area contributed by atoms with E-state index < -0.39 is 0 Å². The zero-order chi connectivity index (χ0) is 18.0. The van der Waals surface area contributed by atoms with Crippen LogP contribution in [0, 0.1) is 6.92 Å². The topological polar surface area (TPSA) is 88.3 Å². The molecule has 8 nitrogen and oxygen atoms in total. The van der Waals surface area contributed by atoms with Gasteiger partial charge >= 0.3 is 0 Å². The number of rotatable bonds is 4. The van der Waals surface area contributed by atoms with Gasteiger partial charge in [-0.15, -0.1) is 0 Å². The third-order valence-corrected chi connectivity index (χ3v) is 3.80. The molecule has 1 aliphatic heterocycles. The highest BCUT2D eigenvalue weighted by molar-refractivity contribution is 5.52. The minimum Gasteiger partial charge on any atom is -0.394 e. The molecule has 1 unspecified atom stereocenters. The zero-order valence-electron chi connectivity index (χ0n) is 15.2. The van der Waals surface area contributed by atoms with Crippen molar-refractivity contribution in [1.29, 1.82) is 0 Å². The van der Waals surface area contributed by atoms with Crippen molar-refractivity contribution in [3.05, 3.63) is 24.0 Å². The van der Waals surface area contributed by atoms with Crippen LogP contribution in [0.25, 0.3) is 5.95 Å². The van der Waals surface area contributed by atoms with Crippen LogP contribution >= 0.6 is 0 Å². The fourth-order valence-electron chi connectivity index (χ4n) is 2.70. The molecule has 3 heterocycles. The van der Waals surface area contributed by atoms with E-state index in [1.807, 2.05) is 25.3 Å². The fraction of sp³-hybridized carbons (Fsp3) is 0.588. The van der Waals surface area contributed by atoms with Gasteiger partial charge in [-0.05, 0) is 33.8 Å². The summed E-state index contributed by atoms with van der Waals surface area (Å²) in [5, 5.41) is 17.2. The van der Waals surface area contributed by atoms with Gasteiger partial charge in [0.1, 0.15) is 11.6 Å². The number of aliphatic hydroxyl groups excluding tert-OH is 1. The summed E-state index contributed by atoms with van der Waals surface area (Å²) >= 11 is 0. The van der Waals surface area contributed by atoms with Crippen molar-refractivity contribution >= 4 is 11.6 Å². The number of nitrogens with zero attached hydrogens (tertiary/aromatic N) is 5. The van der Waals surface area contributed by atoms with Gasteiger partial charge in [-0.1, -0.05) is 0 Å². The molecule has 1 atom stereocenters. The van der Waals surface area contributed by atoms with Gasteiger partial charge in [-0.3, -0.25) is 0 Å². The first-order valence-corrected chi connectivity index (χ1v) is 8.51. The SMILES string of the molecule is Cc1ccn(-c2nc(NC(C)(C)C)cc(N3CCOC(CO)C3)n2)n1. The second-order valence-corrected chi connectivity index (χ2v) is 7.31. The molecule has 2 aromatic heterocycles. The Labute approximate surface area is 147 Å². The predicted octanol–water partition coefficient (Wildman–Crippen LogP) is 1.38. The molecule has 0 aromatic carbocycles. The smallest absolute Gasteiger partial charge is 0.254 e. The molecule has 3 rings (SSSR count). The maximum atomic E-state index is 9.39. The van der Waals surface area contributed by atoms with Crippen LogP contribution in [0.2, 0.25) is 0 Å². The molecule has 1 aliphatic rings. The highest BCUT2D eigenvalue weighted by Gasteiger charge is 2.23. The second-order valence-electron chi connectivity index (χ2n) is 7.31. The van der Waals surface area contributed by atoms with Crippen molar-refractivity contribution < 1.29 is 9.84 Å². The summed E-state index contributed by atoms with van der Waals surface area (Å²) in [6.45, 7) is 10.1. The molecule has 2 aromatic rings. The van der Waals surface area contributed by atoms with Crippen LogP contribution in [0.3, 0.4) is 0 Å². The number of ether oxygens (including phenoxy) is 1. The summed E-state index contributed by atoms with van der Waals surface area (Å²) in [6, 6.07) is 3.86. The number of morpholine rings is 1. The summed E-state index contributed by atoms with van der Waals surface area (Å²) in [7, 11) is 0. The van der Waals surface area contributed by atoms with Crippen molar-refractivity contribution in [2.75, 3.05) is 36.5 Å². The number of nitrogens with one attached hydrogen (secondary N) is 1. The van der Waals surface area contributed by atoms with Crippen molar-refractivity contribution in [1.82, 2.24) is 19.7 Å². The van der Waals surface area contributed by atoms with Gasteiger partial charge in [0.25, 0.3) is 5.95 Å². The number of hydrogen-bond acceptors (Lipinski definition) is 7. The maximum absolute atomic E-state index is 9.39. The van der Waals surface area contributed by atoms with Crippen LogP contribution in [-0.2, 0) is 4.74 Å². The Kier molecular flexibility index (Phi) is 4.91. The van der Waals surface area contributed by atoms with Gasteiger partial charge in [0.05, 0.1) is 25.0 Å². The van der Waals surface area contributed by atoms with Crippen LogP contribution in [0.5, 0.6) is 0 Å². The van der Waals surface area contributed by atoms with E-state index in [9.17, 15) is 5.11 Å². The highest BCUT2D eigenvalue weighted by atomic mass is 16.5. The van der Waals surface area contributed by atoms with E-state index in [1.54, 1.807) is 4.68 Å². The van der Waals surface area contributed by atoms with E-state index in [1.165, 1.54) is 0 Å². The van der Waals surface area contributed by atoms with E-state index in [2.05, 4.69) is 46.1 Å². The first-order chi connectivity index (χ1) is 11.8. The van der Waals surface area contributed by atoms with Gasteiger partial charge in [0.15, 0.2) is 0 Å². The highest BCUT2D eigenvalue weighted by Crippen LogP contribution is 2.22. The van der Waals surface area contributed by atoms with Crippen molar-refractivity contribution in [2.24, 2.45) is 0 Å². The van der Waals surface area contributed by atoms with Crippen molar-refractivity contribution in [3.63, 3.8) is 0 Å². The first-order valence-electron chi connectivity index (χ1n) is 8.51. The third kappa shape index (κ3) is 4.46. The number of aromatic nitrogens is 4. The normalized spacial score (nSPS) is 18.4. The summed E-state index contributed by atoms with van der Waals surface area (Å²) in [4.78, 5) is 11.4. The quantitative estimate of drug-likeness (QED) is 0.864. The standard InChI is InChI=1S/C17H26N6O2/c1-12-5-6-23(21-12)16-18-14(20-17(2,3)4)9-15(19-16)22-7-8-25-13(10-22)11-24/h5-6,9,13,24H,7-8,10-11H2,1-4H3,(H,18,19,20). The average Bonchev–Trinajstić information content (AvgIpc) is 2.99. The molecule has 1 fully saturated rings. The number of aryl methyl sites for hydroxylation is 1. The van der Waals surface area contributed by atoms with Crippen LogP contribution in [0.1, 0.15) is 26.5 Å². The van der Waals surface area contributed by atoms with Crippen LogP contribution in [0.4, 0.5) is 11.6 Å². The lowest BCUT2D eigenvalue weighted by molar-refractivity contribution is 0.00336. The number of anilines is 2. The molecular weight excluding hydrogens is 320 g/mol.